The van der Waals surface area contributed by atoms with Gasteiger partial charge in [-0.2, -0.15) is 5.10 Å². The minimum atomic E-state index is 0.368. The monoisotopic (exact) mass is 178 g/mol. The molecule has 2 aromatic rings. The number of rotatable bonds is 0. The average molecular weight is 179 g/mol. The van der Waals surface area contributed by atoms with E-state index in [1.807, 2.05) is 0 Å². The van der Waals surface area contributed by atoms with Crippen molar-refractivity contribution in [1.82, 2.24) is 14.6 Å². The molecule has 0 N–H and O–H groups in total. The van der Waals surface area contributed by atoms with Crippen molar-refractivity contribution >= 4 is 22.9 Å². The summed E-state index contributed by atoms with van der Waals surface area (Å²) in [5.41, 5.74) is 0.912. The van der Waals surface area contributed by atoms with Crippen LogP contribution in [0.5, 0.6) is 0 Å². The Labute approximate surface area is 73.2 Å². The SMILES string of the molecule is [C-]#[N+]c1cnn2ccc(Cl)nc12. The van der Waals surface area contributed by atoms with Gasteiger partial charge in [-0.1, -0.05) is 11.6 Å². The number of hydrogen-bond acceptors (Lipinski definition) is 2. The molecule has 0 fully saturated rings. The molecule has 0 spiro atoms. The summed E-state index contributed by atoms with van der Waals surface area (Å²) in [5, 5.41) is 4.28. The number of halogens is 1. The Morgan fingerprint density at radius 3 is 3.17 bits per heavy atom. The van der Waals surface area contributed by atoms with Gasteiger partial charge in [0.2, 0.25) is 5.69 Å². The Balaban J connectivity index is 2.86. The van der Waals surface area contributed by atoms with Gasteiger partial charge < -0.3 is 0 Å². The highest BCUT2D eigenvalue weighted by Crippen LogP contribution is 2.18. The fourth-order valence-corrected chi connectivity index (χ4v) is 1.05. The Bertz CT molecular complexity index is 468. The van der Waals surface area contributed by atoms with E-state index in [1.165, 1.54) is 10.7 Å². The molecule has 0 amide bonds. The molecule has 0 aliphatic rings. The second-order valence-corrected chi connectivity index (χ2v) is 2.55. The summed E-state index contributed by atoms with van der Waals surface area (Å²) in [6, 6.07) is 1.62. The summed E-state index contributed by atoms with van der Waals surface area (Å²) < 4.78 is 1.51. The first-order valence-corrected chi connectivity index (χ1v) is 3.56. The molecule has 2 aromatic heterocycles. The molecule has 0 unspecified atom stereocenters. The van der Waals surface area contributed by atoms with Crippen LogP contribution in [0.2, 0.25) is 5.15 Å². The van der Waals surface area contributed by atoms with Gasteiger partial charge in [0.1, 0.15) is 5.15 Å². The van der Waals surface area contributed by atoms with Crippen LogP contribution in [-0.2, 0) is 0 Å². The van der Waals surface area contributed by atoms with Gasteiger partial charge in [-0.25, -0.2) is 14.3 Å². The topological polar surface area (TPSA) is 34.5 Å². The van der Waals surface area contributed by atoms with Gasteiger partial charge in [0.15, 0.2) is 5.65 Å². The fraction of sp³-hybridized carbons (Fsp3) is 0. The van der Waals surface area contributed by atoms with Crippen LogP contribution >= 0.6 is 11.6 Å². The molecule has 12 heavy (non-hydrogen) atoms. The van der Waals surface area contributed by atoms with Gasteiger partial charge in [-0.05, 0) is 6.07 Å². The van der Waals surface area contributed by atoms with E-state index in [-0.39, 0.29) is 0 Å². The molecule has 2 rings (SSSR count). The van der Waals surface area contributed by atoms with Gasteiger partial charge in [-0.15, -0.1) is 0 Å². The van der Waals surface area contributed by atoms with Gasteiger partial charge >= 0.3 is 0 Å². The Morgan fingerprint density at radius 1 is 1.58 bits per heavy atom. The smallest absolute Gasteiger partial charge is 0.234 e. The van der Waals surface area contributed by atoms with Crippen molar-refractivity contribution in [1.29, 1.82) is 0 Å². The maximum atomic E-state index is 6.80. The largest absolute Gasteiger partial charge is 0.250 e. The minimum Gasteiger partial charge on any atom is -0.234 e. The van der Waals surface area contributed by atoms with Crippen LogP contribution in [0.4, 0.5) is 5.69 Å². The van der Waals surface area contributed by atoms with Crippen LogP contribution < -0.4 is 0 Å². The number of aromatic nitrogens is 3. The standard InChI is InChI=1S/C7H3ClN4/c1-9-5-4-10-12-3-2-6(8)11-7(5)12/h2-4H. The van der Waals surface area contributed by atoms with Crippen LogP contribution in [0.15, 0.2) is 18.5 Å². The second-order valence-electron chi connectivity index (χ2n) is 2.16. The third kappa shape index (κ3) is 0.917. The summed E-state index contributed by atoms with van der Waals surface area (Å²) in [6.45, 7) is 6.80. The minimum absolute atomic E-state index is 0.368. The zero-order valence-corrected chi connectivity index (χ0v) is 6.65. The van der Waals surface area contributed by atoms with Crippen LogP contribution in [0.1, 0.15) is 0 Å². The summed E-state index contributed by atoms with van der Waals surface area (Å²) in [7, 11) is 0. The van der Waals surface area contributed by atoms with Gasteiger partial charge in [0.05, 0.1) is 12.8 Å². The molecule has 0 aromatic carbocycles. The van der Waals surface area contributed by atoms with Crippen molar-refractivity contribution in [2.75, 3.05) is 0 Å². The van der Waals surface area contributed by atoms with Crippen LogP contribution in [0.25, 0.3) is 10.5 Å². The van der Waals surface area contributed by atoms with Crippen LogP contribution in [-0.4, -0.2) is 14.6 Å². The van der Waals surface area contributed by atoms with E-state index in [2.05, 4.69) is 14.9 Å². The zero-order valence-electron chi connectivity index (χ0n) is 5.90. The number of fused-ring (bicyclic) bond motifs is 1. The molecule has 0 saturated carbocycles. The highest BCUT2D eigenvalue weighted by atomic mass is 35.5. The lowest BCUT2D eigenvalue weighted by Crippen LogP contribution is -1.87. The van der Waals surface area contributed by atoms with Crippen LogP contribution in [0, 0.1) is 6.57 Å². The van der Waals surface area contributed by atoms with Gasteiger partial charge in [0, 0.05) is 6.20 Å². The van der Waals surface area contributed by atoms with Crippen molar-refractivity contribution in [3.63, 3.8) is 0 Å². The first-order valence-electron chi connectivity index (χ1n) is 3.18. The van der Waals surface area contributed by atoms with E-state index in [9.17, 15) is 0 Å². The molecule has 0 aliphatic heterocycles. The first kappa shape index (κ1) is 7.07. The van der Waals surface area contributed by atoms with E-state index in [1.54, 1.807) is 12.3 Å². The predicted molar refractivity (Wildman–Crippen MR) is 44.3 cm³/mol. The van der Waals surface area contributed by atoms with E-state index >= 15 is 0 Å². The molecule has 4 nitrogen and oxygen atoms in total. The first-order chi connectivity index (χ1) is 5.81. The number of hydrogen-bond donors (Lipinski definition) is 0. The zero-order chi connectivity index (χ0) is 8.55. The molecule has 0 aliphatic carbocycles. The molecule has 5 heteroatoms. The third-order valence-corrected chi connectivity index (χ3v) is 1.65. The van der Waals surface area contributed by atoms with Crippen LogP contribution in [0.3, 0.4) is 0 Å². The Kier molecular flexibility index (Phi) is 1.45. The lowest BCUT2D eigenvalue weighted by molar-refractivity contribution is 0.939. The quantitative estimate of drug-likeness (QED) is 0.456. The summed E-state index contributed by atoms with van der Waals surface area (Å²) in [5.74, 6) is 0. The van der Waals surface area contributed by atoms with Crippen molar-refractivity contribution < 1.29 is 0 Å². The van der Waals surface area contributed by atoms with Crippen molar-refractivity contribution in [3.8, 4) is 0 Å². The lowest BCUT2D eigenvalue weighted by Gasteiger charge is -1.91. The summed E-state index contributed by atoms with van der Waals surface area (Å²) in [6.07, 6.45) is 3.13. The highest BCUT2D eigenvalue weighted by molar-refractivity contribution is 6.29. The normalized spacial score (nSPS) is 10.0. The summed E-state index contributed by atoms with van der Waals surface area (Å²) >= 11 is 5.65. The maximum absolute atomic E-state index is 6.80. The lowest BCUT2D eigenvalue weighted by atomic mass is 10.5. The fourth-order valence-electron chi connectivity index (χ4n) is 0.914. The van der Waals surface area contributed by atoms with Crippen molar-refractivity contribution in [2.24, 2.45) is 0 Å². The molecule has 2 heterocycles. The molecular weight excluding hydrogens is 176 g/mol. The molecule has 0 atom stereocenters. The van der Waals surface area contributed by atoms with Crippen molar-refractivity contribution in [3.05, 3.63) is 35.0 Å². The number of nitrogens with zero attached hydrogens (tertiary/aromatic N) is 4. The van der Waals surface area contributed by atoms with E-state index in [0.29, 0.717) is 16.5 Å². The second kappa shape index (κ2) is 2.47. The van der Waals surface area contributed by atoms with Crippen molar-refractivity contribution in [2.45, 2.75) is 0 Å². The van der Waals surface area contributed by atoms with E-state index in [0.717, 1.165) is 0 Å². The predicted octanol–water partition coefficient (Wildman–Crippen LogP) is 1.93. The molecule has 58 valence electrons. The highest BCUT2D eigenvalue weighted by Gasteiger charge is 2.04. The molecule has 0 radical (unpaired) electrons. The van der Waals surface area contributed by atoms with Gasteiger partial charge in [-0.3, -0.25) is 0 Å². The Hall–Kier alpha value is -1.60. The average Bonchev–Trinajstić information content (AvgIpc) is 2.46. The maximum Gasteiger partial charge on any atom is 0.250 e. The Morgan fingerprint density at radius 2 is 2.42 bits per heavy atom. The molecule has 0 saturated heterocycles. The van der Waals surface area contributed by atoms with Gasteiger partial charge in [0.25, 0.3) is 0 Å². The third-order valence-electron chi connectivity index (χ3n) is 1.44. The molecule has 0 bridgehead atoms. The molecular formula is C7H3ClN4. The van der Waals surface area contributed by atoms with E-state index < -0.39 is 0 Å². The summed E-state index contributed by atoms with van der Waals surface area (Å²) in [4.78, 5) is 7.20. The van der Waals surface area contributed by atoms with E-state index in [4.69, 9.17) is 18.2 Å².